The van der Waals surface area contributed by atoms with Crippen molar-refractivity contribution in [1.29, 1.82) is 0 Å². The van der Waals surface area contributed by atoms with Crippen LogP contribution in [0.3, 0.4) is 0 Å². The van der Waals surface area contributed by atoms with Gasteiger partial charge in [-0.1, -0.05) is 0 Å². The maximum absolute atomic E-state index is 12.3. The first kappa shape index (κ1) is 13.6. The first-order valence-electron chi connectivity index (χ1n) is 6.49. The average Bonchev–Trinajstić information content (AvgIpc) is 2.74. The van der Waals surface area contributed by atoms with Gasteiger partial charge in [-0.2, -0.15) is 0 Å². The van der Waals surface area contributed by atoms with Gasteiger partial charge in [0.1, 0.15) is 0 Å². The van der Waals surface area contributed by atoms with Crippen molar-refractivity contribution < 1.29 is 4.79 Å². The zero-order valence-electron chi connectivity index (χ0n) is 11.6. The molecular formula is C14H22N2OS. The van der Waals surface area contributed by atoms with Gasteiger partial charge in [0.15, 0.2) is 0 Å². The van der Waals surface area contributed by atoms with Crippen molar-refractivity contribution in [3.05, 3.63) is 21.9 Å². The molecule has 1 N–H and O–H groups in total. The van der Waals surface area contributed by atoms with Crippen LogP contribution in [-0.2, 0) is 11.2 Å². The van der Waals surface area contributed by atoms with Crippen molar-refractivity contribution in [2.24, 2.45) is 0 Å². The van der Waals surface area contributed by atoms with Crippen LogP contribution in [0.25, 0.3) is 0 Å². The highest BCUT2D eigenvalue weighted by Gasteiger charge is 2.28. The topological polar surface area (TPSA) is 32.3 Å². The smallest absolute Gasteiger partial charge is 0.237 e. The highest BCUT2D eigenvalue weighted by Crippen LogP contribution is 2.32. The van der Waals surface area contributed by atoms with E-state index in [2.05, 4.69) is 44.5 Å². The molecule has 0 aromatic carbocycles. The number of amides is 1. The lowest BCUT2D eigenvalue weighted by molar-refractivity contribution is -0.133. The normalized spacial score (nSPS) is 19.8. The van der Waals surface area contributed by atoms with E-state index in [0.717, 1.165) is 13.0 Å². The lowest BCUT2D eigenvalue weighted by Gasteiger charge is -2.34. The Kier molecular flexibility index (Phi) is 3.78. The van der Waals surface area contributed by atoms with Gasteiger partial charge in [-0.15, -0.1) is 11.3 Å². The number of rotatable bonds is 2. The summed E-state index contributed by atoms with van der Waals surface area (Å²) in [5.41, 5.74) is 1.32. The molecule has 0 aliphatic carbocycles. The zero-order chi connectivity index (χ0) is 13.3. The number of nitrogens with one attached hydrogen (secondary N) is 1. The molecule has 1 aliphatic heterocycles. The minimum absolute atomic E-state index is 0.0117. The Labute approximate surface area is 113 Å². The molecule has 0 spiro atoms. The van der Waals surface area contributed by atoms with Crippen LogP contribution in [-0.4, -0.2) is 29.4 Å². The summed E-state index contributed by atoms with van der Waals surface area (Å²) in [6, 6.07) is 2.37. The third kappa shape index (κ3) is 2.93. The molecule has 4 heteroatoms. The van der Waals surface area contributed by atoms with Gasteiger partial charge in [0.05, 0.1) is 12.6 Å². The Morgan fingerprint density at radius 2 is 2.28 bits per heavy atom. The van der Waals surface area contributed by atoms with Crippen molar-refractivity contribution >= 4 is 17.2 Å². The fourth-order valence-electron chi connectivity index (χ4n) is 2.29. The third-order valence-electron chi connectivity index (χ3n) is 3.37. The van der Waals surface area contributed by atoms with E-state index >= 15 is 0 Å². The van der Waals surface area contributed by atoms with E-state index in [9.17, 15) is 4.79 Å². The second-order valence-corrected chi connectivity index (χ2v) is 6.92. The van der Waals surface area contributed by atoms with Crippen molar-refractivity contribution in [1.82, 2.24) is 10.2 Å². The molecule has 0 bridgehead atoms. The summed E-state index contributed by atoms with van der Waals surface area (Å²) in [4.78, 5) is 15.7. The van der Waals surface area contributed by atoms with Crippen molar-refractivity contribution in [2.75, 3.05) is 13.1 Å². The fraction of sp³-hybridized carbons (Fsp3) is 0.643. The molecule has 100 valence electrons. The molecule has 1 aromatic heterocycles. The van der Waals surface area contributed by atoms with Gasteiger partial charge >= 0.3 is 0 Å². The lowest BCUT2D eigenvalue weighted by atomic mass is 10.0. The van der Waals surface area contributed by atoms with Crippen LogP contribution >= 0.6 is 11.3 Å². The quantitative estimate of drug-likeness (QED) is 0.892. The zero-order valence-corrected chi connectivity index (χ0v) is 12.4. The van der Waals surface area contributed by atoms with Gasteiger partial charge < -0.3 is 10.2 Å². The van der Waals surface area contributed by atoms with Crippen LogP contribution in [0.15, 0.2) is 11.4 Å². The first-order valence-corrected chi connectivity index (χ1v) is 7.37. The molecule has 1 aromatic rings. The second-order valence-electron chi connectivity index (χ2n) is 5.92. The number of carbonyl (C=O) groups is 1. The molecule has 1 aliphatic rings. The number of hydrogen-bond acceptors (Lipinski definition) is 3. The summed E-state index contributed by atoms with van der Waals surface area (Å²) in [6.07, 6.45) is 0.999. The van der Waals surface area contributed by atoms with Crippen LogP contribution < -0.4 is 5.32 Å². The van der Waals surface area contributed by atoms with Gasteiger partial charge in [0.2, 0.25) is 5.91 Å². The summed E-state index contributed by atoms with van der Waals surface area (Å²) in [5, 5.41) is 5.40. The summed E-state index contributed by atoms with van der Waals surface area (Å²) in [6.45, 7) is 9.64. The number of fused-ring (bicyclic) bond motifs is 1. The highest BCUT2D eigenvalue weighted by atomic mass is 32.1. The van der Waals surface area contributed by atoms with Crippen molar-refractivity contribution in [3.8, 4) is 0 Å². The molecular weight excluding hydrogens is 244 g/mol. The number of nitrogens with zero attached hydrogens (tertiary/aromatic N) is 1. The largest absolute Gasteiger partial charge is 0.334 e. The maximum Gasteiger partial charge on any atom is 0.237 e. The molecule has 2 rings (SSSR count). The molecule has 1 amide bonds. The standard InChI is InChI=1S/C14H22N2OS/c1-10-11-6-8-18-12(11)5-7-16(10)13(17)9-15-14(2,3)4/h6,8,10,15H,5,7,9H2,1-4H3. The number of carbonyl (C=O) groups excluding carboxylic acids is 1. The first-order chi connectivity index (χ1) is 8.38. The Bertz CT molecular complexity index is 433. The van der Waals surface area contributed by atoms with Crippen molar-refractivity contribution in [2.45, 2.75) is 45.7 Å². The number of hydrogen-bond donors (Lipinski definition) is 1. The minimum atomic E-state index is -0.0117. The third-order valence-corrected chi connectivity index (χ3v) is 4.36. The monoisotopic (exact) mass is 266 g/mol. The summed E-state index contributed by atoms with van der Waals surface area (Å²) < 4.78 is 0. The van der Waals surface area contributed by atoms with Crippen LogP contribution in [0.1, 0.15) is 44.2 Å². The SMILES string of the molecule is CC1c2ccsc2CCN1C(=O)CNC(C)(C)C. The molecule has 1 unspecified atom stereocenters. The van der Waals surface area contributed by atoms with Gasteiger partial charge in [-0.25, -0.2) is 0 Å². The van der Waals surface area contributed by atoms with E-state index in [4.69, 9.17) is 0 Å². The van der Waals surface area contributed by atoms with E-state index in [0.29, 0.717) is 6.54 Å². The van der Waals surface area contributed by atoms with E-state index in [1.54, 1.807) is 11.3 Å². The van der Waals surface area contributed by atoms with Gasteiger partial charge in [-0.3, -0.25) is 4.79 Å². The predicted molar refractivity (Wildman–Crippen MR) is 75.9 cm³/mol. The number of thiophene rings is 1. The molecule has 0 fully saturated rings. The molecule has 0 saturated heterocycles. The van der Waals surface area contributed by atoms with Gasteiger partial charge in [0.25, 0.3) is 0 Å². The van der Waals surface area contributed by atoms with E-state index in [1.807, 2.05) is 4.90 Å². The molecule has 3 nitrogen and oxygen atoms in total. The van der Waals surface area contributed by atoms with Crippen molar-refractivity contribution in [3.63, 3.8) is 0 Å². The Morgan fingerprint density at radius 1 is 1.56 bits per heavy atom. The average molecular weight is 266 g/mol. The maximum atomic E-state index is 12.3. The molecule has 0 radical (unpaired) electrons. The van der Waals surface area contributed by atoms with E-state index in [1.165, 1.54) is 10.4 Å². The van der Waals surface area contributed by atoms with Crippen LogP contribution in [0.5, 0.6) is 0 Å². The molecule has 18 heavy (non-hydrogen) atoms. The fourth-order valence-corrected chi connectivity index (χ4v) is 3.26. The van der Waals surface area contributed by atoms with Crippen LogP contribution in [0, 0.1) is 0 Å². The molecule has 1 atom stereocenters. The summed E-state index contributed by atoms with van der Waals surface area (Å²) >= 11 is 1.81. The van der Waals surface area contributed by atoms with E-state index < -0.39 is 0 Å². The predicted octanol–water partition coefficient (Wildman–Crippen LogP) is 2.58. The Hall–Kier alpha value is -0.870. The Morgan fingerprint density at radius 3 is 2.94 bits per heavy atom. The molecule has 2 heterocycles. The van der Waals surface area contributed by atoms with Crippen LogP contribution in [0.4, 0.5) is 0 Å². The summed E-state index contributed by atoms with van der Waals surface area (Å²) in [7, 11) is 0. The second kappa shape index (κ2) is 5.02. The van der Waals surface area contributed by atoms with Gasteiger partial charge in [0, 0.05) is 17.0 Å². The summed E-state index contributed by atoms with van der Waals surface area (Å²) in [5.74, 6) is 0.203. The lowest BCUT2D eigenvalue weighted by Crippen LogP contribution is -2.47. The highest BCUT2D eigenvalue weighted by molar-refractivity contribution is 7.10. The van der Waals surface area contributed by atoms with Crippen LogP contribution in [0.2, 0.25) is 0 Å². The Balaban J connectivity index is 2.01. The van der Waals surface area contributed by atoms with E-state index in [-0.39, 0.29) is 17.5 Å². The molecule has 0 saturated carbocycles. The van der Waals surface area contributed by atoms with Gasteiger partial charge in [-0.05, 0) is 51.1 Å². The minimum Gasteiger partial charge on any atom is -0.334 e.